The van der Waals surface area contributed by atoms with Gasteiger partial charge in [-0.05, 0) is 98.7 Å². The minimum atomic E-state index is -3.88. The molecule has 5 atom stereocenters. The van der Waals surface area contributed by atoms with Crippen LogP contribution in [0.25, 0.3) is 6.08 Å². The molecule has 55 heavy (non-hydrogen) atoms. The van der Waals surface area contributed by atoms with Crippen molar-refractivity contribution in [1.82, 2.24) is 9.80 Å². The number of aromatic hydroxyl groups is 1. The maximum atomic E-state index is 13.5. The fourth-order valence-corrected chi connectivity index (χ4v) is 10.4. The molecule has 4 aromatic rings. The highest BCUT2D eigenvalue weighted by Crippen LogP contribution is 2.62. The number of hydrogen-bond acceptors (Lipinski definition) is 9. The van der Waals surface area contributed by atoms with E-state index in [2.05, 4.69) is 22.9 Å². The van der Waals surface area contributed by atoms with Crippen LogP contribution in [0.3, 0.4) is 0 Å². The van der Waals surface area contributed by atoms with Gasteiger partial charge in [-0.15, -0.1) is 0 Å². The maximum Gasteiger partial charge on any atom is 0.264 e. The molecule has 3 N–H and O–H groups in total. The monoisotopic (exact) mass is 785 g/mol. The molecule has 2 heterocycles. The summed E-state index contributed by atoms with van der Waals surface area (Å²) in [5, 5.41) is 31.0. The lowest BCUT2D eigenvalue weighted by atomic mass is 9.53. The van der Waals surface area contributed by atoms with Crippen LogP contribution in [0.2, 0.25) is 5.02 Å². The van der Waals surface area contributed by atoms with Gasteiger partial charge in [0.15, 0.2) is 11.5 Å². The van der Waals surface area contributed by atoms with Gasteiger partial charge >= 0.3 is 0 Å². The average molecular weight is 786 g/mol. The van der Waals surface area contributed by atoms with Gasteiger partial charge in [-0.25, -0.2) is 8.42 Å². The molecule has 0 aromatic heterocycles. The number of aliphatic hydroxyl groups is 2. The number of phenolic OH excluding ortho intramolecular Hbond substituents is 1. The van der Waals surface area contributed by atoms with Gasteiger partial charge in [-0.3, -0.25) is 9.21 Å². The summed E-state index contributed by atoms with van der Waals surface area (Å²) in [5.74, 6) is 1.76. The predicted molar refractivity (Wildman–Crippen MR) is 215 cm³/mol. The zero-order chi connectivity index (χ0) is 38.9. The summed E-state index contributed by atoms with van der Waals surface area (Å²) >= 11 is 5.93. The van der Waals surface area contributed by atoms with Crippen molar-refractivity contribution in [3.63, 3.8) is 0 Å². The van der Waals surface area contributed by atoms with E-state index in [0.717, 1.165) is 30.5 Å². The molecule has 2 aliphatic carbocycles. The largest absolute Gasteiger partial charge is 0.504 e. The first-order valence-electron chi connectivity index (χ1n) is 18.5. The number of aliphatic hydroxyl groups excluding tert-OH is 2. The predicted octanol–water partition coefficient (Wildman–Crippen LogP) is 5.88. The number of nitrogens with zero attached hydrogens (tertiary/aromatic N) is 3. The molecule has 0 radical (unpaired) electrons. The maximum absolute atomic E-state index is 13.5. The van der Waals surface area contributed by atoms with Crippen molar-refractivity contribution in [1.29, 1.82) is 0 Å². The number of likely N-dealkylation sites (N-methyl/N-ethyl adjacent to an activating group) is 2. The van der Waals surface area contributed by atoms with Crippen molar-refractivity contribution < 1.29 is 33.2 Å². The van der Waals surface area contributed by atoms with Crippen molar-refractivity contribution in [3.8, 4) is 17.2 Å². The molecule has 4 aromatic carbocycles. The molecule has 0 amide bonds. The summed E-state index contributed by atoms with van der Waals surface area (Å²) in [6.07, 6.45) is 9.24. The Labute approximate surface area is 328 Å². The number of anilines is 1. The second kappa shape index (κ2) is 16.0. The molecule has 2 bridgehead atoms. The van der Waals surface area contributed by atoms with E-state index in [9.17, 15) is 23.7 Å². The van der Waals surface area contributed by atoms with E-state index in [1.807, 2.05) is 67.7 Å². The Hall–Kier alpha value is -4.36. The fraction of sp³-hybridized carbons (Fsp3) is 0.349. The van der Waals surface area contributed by atoms with Gasteiger partial charge in [0.25, 0.3) is 10.0 Å². The number of rotatable bonds is 11. The Morgan fingerprint density at radius 1 is 1.04 bits per heavy atom. The van der Waals surface area contributed by atoms with Gasteiger partial charge in [0, 0.05) is 41.1 Å². The molecule has 1 saturated heterocycles. The third-order valence-electron chi connectivity index (χ3n) is 11.4. The standard InChI is InChI=1S/C26H29ClN2O4S.C17H19NO3/c1-28(17-5-6-21-9-11-23(27)12-10-21)20-22-7-3-4-8-26(22)29(18-19-30)34(31,32)25-15-13-24(33-2)14-16-25;1-18-7-6-17-10-3-5-13(20)16(17)21-15-12(19)4-2-9(14(15)17)8-11(10)18/h3-16,30H,17-20H2,1-2H3;2-5,10-11,13,16,19-20H,6-8H2,1H3/b6-5+;/t;10-,11+,13-,16-,17-/m.0/s1. The van der Waals surface area contributed by atoms with E-state index in [4.69, 9.17) is 21.1 Å². The lowest BCUT2D eigenvalue weighted by Gasteiger charge is -2.56. The van der Waals surface area contributed by atoms with Gasteiger partial charge in [-0.2, -0.15) is 0 Å². The molecule has 10 nitrogen and oxygen atoms in total. The molecule has 8 rings (SSSR count). The van der Waals surface area contributed by atoms with E-state index in [1.165, 1.54) is 34.7 Å². The number of para-hydroxylation sites is 1. The lowest BCUT2D eigenvalue weighted by Crippen LogP contribution is -2.64. The van der Waals surface area contributed by atoms with Crippen LogP contribution in [-0.4, -0.2) is 99.2 Å². The zero-order valence-corrected chi connectivity index (χ0v) is 32.8. The normalized spacial score (nSPS) is 23.5. The minimum Gasteiger partial charge on any atom is -0.504 e. The molecule has 4 aliphatic rings. The van der Waals surface area contributed by atoms with Crippen LogP contribution < -0.4 is 13.8 Å². The number of sulfonamides is 1. The van der Waals surface area contributed by atoms with Crippen molar-refractivity contribution in [3.05, 3.63) is 130 Å². The highest BCUT2D eigenvalue weighted by atomic mass is 35.5. The second-order valence-corrected chi connectivity index (χ2v) is 17.0. The molecule has 0 saturated carbocycles. The number of halogens is 1. The smallest absolute Gasteiger partial charge is 0.264 e. The molecule has 290 valence electrons. The third kappa shape index (κ3) is 7.37. The Bertz CT molecular complexity index is 2160. The SMILES string of the molecule is CN1CC[C@]23c4c5ccc(O)c4O[C@H]2[C@@H](O)C=C[C@H]3[C@H]1C5.COc1ccc(S(=O)(=O)N(CCO)c2ccccc2CN(C)C/C=C/c2ccc(Cl)cc2)cc1. The fourth-order valence-electron chi connectivity index (χ4n) is 8.76. The molecular weight excluding hydrogens is 738 g/mol. The molecular formula is C43H48ClN3O7S. The van der Waals surface area contributed by atoms with E-state index < -0.39 is 16.1 Å². The van der Waals surface area contributed by atoms with E-state index >= 15 is 0 Å². The highest BCUT2D eigenvalue weighted by molar-refractivity contribution is 7.92. The van der Waals surface area contributed by atoms with Gasteiger partial charge in [-0.1, -0.05) is 72.3 Å². The van der Waals surface area contributed by atoms with Crippen LogP contribution in [0, 0.1) is 5.92 Å². The van der Waals surface area contributed by atoms with E-state index in [-0.39, 0.29) is 35.3 Å². The van der Waals surface area contributed by atoms with Crippen LogP contribution >= 0.6 is 11.6 Å². The topological polar surface area (TPSA) is 123 Å². The van der Waals surface area contributed by atoms with Crippen molar-refractivity contribution in [2.24, 2.45) is 5.92 Å². The van der Waals surface area contributed by atoms with Gasteiger partial charge in [0.2, 0.25) is 0 Å². The van der Waals surface area contributed by atoms with Crippen LogP contribution in [0.5, 0.6) is 17.2 Å². The van der Waals surface area contributed by atoms with Crippen LogP contribution in [0.1, 0.15) is 28.7 Å². The quantitative estimate of drug-likeness (QED) is 0.160. The van der Waals surface area contributed by atoms with Gasteiger partial charge < -0.3 is 29.7 Å². The number of phenols is 1. The van der Waals surface area contributed by atoms with E-state index in [0.29, 0.717) is 47.3 Å². The summed E-state index contributed by atoms with van der Waals surface area (Å²) in [6.45, 7) is 1.86. The summed E-state index contributed by atoms with van der Waals surface area (Å²) in [7, 11) is 1.80. The highest BCUT2D eigenvalue weighted by Gasteiger charge is 2.64. The number of methoxy groups -OCH3 is 1. The third-order valence-corrected chi connectivity index (χ3v) is 13.5. The first kappa shape index (κ1) is 38.9. The van der Waals surface area contributed by atoms with Crippen molar-refractivity contribution in [2.45, 2.75) is 47.9 Å². The van der Waals surface area contributed by atoms with E-state index in [1.54, 1.807) is 30.3 Å². The Morgan fingerprint density at radius 3 is 2.51 bits per heavy atom. The molecule has 0 unspecified atom stereocenters. The van der Waals surface area contributed by atoms with Crippen molar-refractivity contribution in [2.75, 3.05) is 51.8 Å². The molecule has 12 heteroatoms. The number of piperidine rings is 1. The number of likely N-dealkylation sites (tertiary alicyclic amines) is 1. The number of hydrogen-bond donors (Lipinski definition) is 3. The Balaban J connectivity index is 0.000000187. The minimum absolute atomic E-state index is 0.0500. The van der Waals surface area contributed by atoms with Crippen LogP contribution in [-0.2, 0) is 28.4 Å². The molecule has 1 fully saturated rings. The zero-order valence-electron chi connectivity index (χ0n) is 31.3. The van der Waals surface area contributed by atoms with Gasteiger partial charge in [0.1, 0.15) is 18.0 Å². The second-order valence-electron chi connectivity index (χ2n) is 14.7. The summed E-state index contributed by atoms with van der Waals surface area (Å²) in [4.78, 5) is 4.65. The first-order chi connectivity index (χ1) is 26.5. The summed E-state index contributed by atoms with van der Waals surface area (Å²) < 4.78 is 39.4. The Kier molecular flexibility index (Phi) is 11.3. The number of ether oxygens (including phenoxy) is 2. The van der Waals surface area contributed by atoms with Crippen LogP contribution in [0.15, 0.2) is 108 Å². The lowest BCUT2D eigenvalue weighted by molar-refractivity contribution is -0.0453. The molecule has 1 spiro atoms. The first-order valence-corrected chi connectivity index (χ1v) is 20.3. The number of benzene rings is 4. The molecule has 2 aliphatic heterocycles. The van der Waals surface area contributed by atoms with Crippen molar-refractivity contribution >= 4 is 33.4 Å². The Morgan fingerprint density at radius 2 is 1.78 bits per heavy atom. The summed E-state index contributed by atoms with van der Waals surface area (Å²) in [5.41, 5.74) is 4.73. The summed E-state index contributed by atoms with van der Waals surface area (Å²) in [6, 6.07) is 25.4. The van der Waals surface area contributed by atoms with Gasteiger partial charge in [0.05, 0.1) is 30.8 Å². The average Bonchev–Trinajstić information content (AvgIpc) is 3.55. The van der Waals surface area contributed by atoms with Crippen LogP contribution in [0.4, 0.5) is 5.69 Å².